The predicted molar refractivity (Wildman–Crippen MR) is 152 cm³/mol. The zero-order valence-corrected chi connectivity index (χ0v) is 22.1. The van der Waals surface area contributed by atoms with Crippen molar-refractivity contribution in [2.24, 2.45) is 0 Å². The number of fused-ring (bicyclic) bond motifs is 1. The van der Waals surface area contributed by atoms with Gasteiger partial charge in [-0.15, -0.1) is 0 Å². The van der Waals surface area contributed by atoms with Crippen LogP contribution in [0.25, 0.3) is 28.1 Å². The monoisotopic (exact) mass is 532 g/mol. The van der Waals surface area contributed by atoms with E-state index in [4.69, 9.17) is 14.7 Å². The molecular weight excluding hydrogens is 504 g/mol. The number of carbonyl (C=O) groups is 2. The molecular formula is C31H28N6O3. The average Bonchev–Trinajstić information content (AvgIpc) is 3.40. The van der Waals surface area contributed by atoms with Crippen LogP contribution in [0.5, 0.6) is 0 Å². The van der Waals surface area contributed by atoms with E-state index in [1.807, 2.05) is 76.3 Å². The molecule has 0 bridgehead atoms. The van der Waals surface area contributed by atoms with Gasteiger partial charge in [0.25, 0.3) is 0 Å². The minimum atomic E-state index is -0.378. The van der Waals surface area contributed by atoms with Crippen molar-refractivity contribution in [3.63, 3.8) is 0 Å². The van der Waals surface area contributed by atoms with Crippen LogP contribution in [0.1, 0.15) is 22.8 Å². The molecule has 6 rings (SSSR count). The van der Waals surface area contributed by atoms with E-state index in [2.05, 4.69) is 9.88 Å². The molecule has 0 atom stereocenters. The topological polar surface area (TPSA) is 93.5 Å². The van der Waals surface area contributed by atoms with E-state index >= 15 is 0 Å². The molecule has 200 valence electrons. The lowest BCUT2D eigenvalue weighted by atomic mass is 10.2. The lowest BCUT2D eigenvalue weighted by molar-refractivity contribution is -0.129. The summed E-state index contributed by atoms with van der Waals surface area (Å²) >= 11 is 0. The minimum Gasteiger partial charge on any atom is -0.457 e. The van der Waals surface area contributed by atoms with Gasteiger partial charge in [0.2, 0.25) is 5.91 Å². The number of piperazine rings is 1. The Hall–Kier alpha value is -5.05. The molecule has 0 spiro atoms. The molecule has 5 aromatic rings. The van der Waals surface area contributed by atoms with Crippen molar-refractivity contribution in [1.82, 2.24) is 24.4 Å². The van der Waals surface area contributed by atoms with Crippen molar-refractivity contribution in [2.45, 2.75) is 13.5 Å². The molecule has 4 heterocycles. The highest BCUT2D eigenvalue weighted by Gasteiger charge is 2.21. The van der Waals surface area contributed by atoms with Crippen LogP contribution in [0.15, 0.2) is 91.4 Å². The van der Waals surface area contributed by atoms with Gasteiger partial charge in [0.05, 0.1) is 22.8 Å². The van der Waals surface area contributed by atoms with Gasteiger partial charge >= 0.3 is 5.97 Å². The second kappa shape index (κ2) is 11.0. The Kier molecular flexibility index (Phi) is 6.93. The number of amides is 1. The summed E-state index contributed by atoms with van der Waals surface area (Å²) in [5, 5.41) is 0. The summed E-state index contributed by atoms with van der Waals surface area (Å²) in [7, 11) is 0. The molecule has 1 aliphatic heterocycles. The largest absolute Gasteiger partial charge is 0.457 e. The highest BCUT2D eigenvalue weighted by molar-refractivity contribution is 5.90. The summed E-state index contributed by atoms with van der Waals surface area (Å²) in [6.45, 7) is 4.70. The van der Waals surface area contributed by atoms with Gasteiger partial charge in [-0.2, -0.15) is 0 Å². The first kappa shape index (κ1) is 25.2. The van der Waals surface area contributed by atoms with E-state index in [1.165, 1.54) is 0 Å². The van der Waals surface area contributed by atoms with E-state index in [9.17, 15) is 9.59 Å². The van der Waals surface area contributed by atoms with Crippen molar-refractivity contribution in [3.8, 4) is 17.1 Å². The van der Waals surface area contributed by atoms with Gasteiger partial charge < -0.3 is 14.5 Å². The number of aromatic nitrogens is 4. The number of hydrogen-bond donors (Lipinski definition) is 0. The van der Waals surface area contributed by atoms with Gasteiger partial charge in [0.15, 0.2) is 0 Å². The van der Waals surface area contributed by atoms with Crippen molar-refractivity contribution in [2.75, 3.05) is 31.1 Å². The third-order valence-electron chi connectivity index (χ3n) is 7.09. The highest BCUT2D eigenvalue weighted by atomic mass is 16.5. The van der Waals surface area contributed by atoms with Crippen molar-refractivity contribution in [1.29, 1.82) is 0 Å². The summed E-state index contributed by atoms with van der Waals surface area (Å²) in [6, 6.07) is 22.8. The van der Waals surface area contributed by atoms with E-state index in [0.29, 0.717) is 18.7 Å². The van der Waals surface area contributed by atoms with Crippen LogP contribution in [0.3, 0.4) is 0 Å². The average molecular weight is 533 g/mol. The number of imidazole rings is 1. The van der Waals surface area contributed by atoms with Gasteiger partial charge in [-0.1, -0.05) is 30.3 Å². The van der Waals surface area contributed by atoms with Gasteiger partial charge in [0, 0.05) is 56.7 Å². The smallest absolute Gasteiger partial charge is 0.338 e. The van der Waals surface area contributed by atoms with E-state index in [1.54, 1.807) is 31.5 Å². The summed E-state index contributed by atoms with van der Waals surface area (Å²) in [6.07, 6.45) is 5.33. The normalized spacial score (nSPS) is 13.4. The molecule has 40 heavy (non-hydrogen) atoms. The predicted octanol–water partition coefficient (Wildman–Crippen LogP) is 4.51. The number of carbonyl (C=O) groups excluding carboxylic acids is 2. The SMILES string of the molecule is CC(=O)N1CCN(c2ccc(-c3nc4ccncc4n3-c3ccc(C(=O)OCc4ccccc4)cc3)cn2)CC1. The van der Waals surface area contributed by atoms with Crippen LogP contribution >= 0.6 is 0 Å². The fourth-order valence-corrected chi connectivity index (χ4v) is 4.89. The number of hydrogen-bond acceptors (Lipinski definition) is 7. The number of pyridine rings is 2. The standard InChI is InChI=1S/C31H28N6O3/c1-22(38)35-15-17-36(18-16-35)29-12-9-25(19-33-29)30-34-27-13-14-32-20-28(27)37(30)26-10-7-24(8-11-26)31(39)40-21-23-5-3-2-4-6-23/h2-14,19-20H,15-18,21H2,1H3. The first-order valence-corrected chi connectivity index (χ1v) is 13.2. The molecule has 3 aromatic heterocycles. The van der Waals surface area contributed by atoms with Crippen LogP contribution < -0.4 is 4.90 Å². The summed E-state index contributed by atoms with van der Waals surface area (Å²) in [4.78, 5) is 42.3. The second-order valence-electron chi connectivity index (χ2n) is 9.64. The van der Waals surface area contributed by atoms with Crippen molar-refractivity contribution < 1.29 is 14.3 Å². The molecule has 0 N–H and O–H groups in total. The van der Waals surface area contributed by atoms with Gasteiger partial charge in [-0.25, -0.2) is 14.8 Å². The number of rotatable bonds is 6. The fourth-order valence-electron chi connectivity index (χ4n) is 4.89. The third-order valence-corrected chi connectivity index (χ3v) is 7.09. The van der Waals surface area contributed by atoms with E-state index in [0.717, 1.165) is 52.6 Å². The van der Waals surface area contributed by atoms with E-state index in [-0.39, 0.29) is 18.5 Å². The maximum Gasteiger partial charge on any atom is 0.338 e. The molecule has 1 amide bonds. The molecule has 0 unspecified atom stereocenters. The number of benzene rings is 2. The number of ether oxygens (including phenoxy) is 1. The van der Waals surface area contributed by atoms with Crippen molar-refractivity contribution >= 4 is 28.7 Å². The zero-order valence-electron chi connectivity index (χ0n) is 22.1. The second-order valence-corrected chi connectivity index (χ2v) is 9.64. The molecule has 0 radical (unpaired) electrons. The van der Waals surface area contributed by atoms with Gasteiger partial charge in [-0.05, 0) is 48.0 Å². The minimum absolute atomic E-state index is 0.105. The molecule has 9 heteroatoms. The van der Waals surface area contributed by atoms with Crippen LogP contribution in [0.2, 0.25) is 0 Å². The fraction of sp³-hybridized carbons (Fsp3) is 0.194. The van der Waals surface area contributed by atoms with Crippen molar-refractivity contribution in [3.05, 3.63) is 103 Å². The molecule has 1 saturated heterocycles. The van der Waals surface area contributed by atoms with Crippen LogP contribution in [0, 0.1) is 0 Å². The zero-order chi connectivity index (χ0) is 27.5. The third kappa shape index (κ3) is 5.13. The Labute approximate surface area is 231 Å². The molecule has 0 aliphatic carbocycles. The Balaban J connectivity index is 1.25. The highest BCUT2D eigenvalue weighted by Crippen LogP contribution is 2.29. The summed E-state index contributed by atoms with van der Waals surface area (Å²) in [5.41, 5.74) is 4.76. The summed E-state index contributed by atoms with van der Waals surface area (Å²) < 4.78 is 7.50. The molecule has 1 aliphatic rings. The molecule has 0 saturated carbocycles. The first-order valence-electron chi connectivity index (χ1n) is 13.2. The van der Waals surface area contributed by atoms with Gasteiger partial charge in [-0.3, -0.25) is 14.3 Å². The summed E-state index contributed by atoms with van der Waals surface area (Å²) in [5.74, 6) is 1.32. The maximum atomic E-state index is 12.6. The Morgan fingerprint density at radius 2 is 1.65 bits per heavy atom. The Bertz CT molecular complexity index is 1640. The number of nitrogens with zero attached hydrogens (tertiary/aromatic N) is 6. The van der Waals surface area contributed by atoms with Crippen LogP contribution in [-0.2, 0) is 16.1 Å². The van der Waals surface area contributed by atoms with E-state index < -0.39 is 0 Å². The Morgan fingerprint density at radius 3 is 2.35 bits per heavy atom. The molecule has 2 aromatic carbocycles. The maximum absolute atomic E-state index is 12.6. The quantitative estimate of drug-likeness (QED) is 0.297. The Morgan fingerprint density at radius 1 is 0.875 bits per heavy atom. The molecule has 9 nitrogen and oxygen atoms in total. The number of anilines is 1. The molecule has 1 fully saturated rings. The lowest BCUT2D eigenvalue weighted by Crippen LogP contribution is -2.48. The lowest BCUT2D eigenvalue weighted by Gasteiger charge is -2.34. The van der Waals surface area contributed by atoms with Crippen LogP contribution in [0.4, 0.5) is 5.82 Å². The van der Waals surface area contributed by atoms with Crippen LogP contribution in [-0.4, -0.2) is 62.5 Å². The van der Waals surface area contributed by atoms with Gasteiger partial charge in [0.1, 0.15) is 18.2 Å². The first-order chi connectivity index (χ1) is 19.6. The number of esters is 1.